The number of unbranched alkanes of at least 4 members (excludes halogenated alkanes) is 36. The lowest BCUT2D eigenvalue weighted by molar-refractivity contribution is 0.122. The Labute approximate surface area is 307 Å². The maximum atomic E-state index is 5.51. The first kappa shape index (κ1) is 47.6. The zero-order valence-corrected chi connectivity index (χ0v) is 35.3. The second-order valence-electron chi connectivity index (χ2n) is 14.8. The van der Waals surface area contributed by atoms with Crippen LogP contribution in [0.15, 0.2) is 0 Å². The summed E-state index contributed by atoms with van der Waals surface area (Å²) in [4.78, 5) is 0. The molecular weight excluding hydrogens is 660 g/mol. The summed E-state index contributed by atoms with van der Waals surface area (Å²) in [6.45, 7) is 0. The van der Waals surface area contributed by atoms with Crippen molar-refractivity contribution >= 4 is 24.7 Å². The van der Waals surface area contributed by atoms with E-state index >= 15 is 0 Å². The summed E-state index contributed by atoms with van der Waals surface area (Å²) in [6.07, 6.45) is 53.5. The van der Waals surface area contributed by atoms with Crippen LogP contribution >= 0.6 is 15.9 Å². The summed E-state index contributed by atoms with van der Waals surface area (Å²) in [5, 5.41) is 1.18. The van der Waals surface area contributed by atoms with Crippen molar-refractivity contribution < 1.29 is 13.3 Å². The minimum Gasteiger partial charge on any atom is -0.377 e. The smallest absolute Gasteiger partial charge is 0.377 e. The molecule has 3 nitrogen and oxygen atoms in total. The first-order chi connectivity index (χ1) is 23.2. The summed E-state index contributed by atoms with van der Waals surface area (Å²) < 4.78 is 16.5. The maximum absolute atomic E-state index is 5.51. The zero-order chi connectivity index (χ0) is 34.2. The molecule has 0 aliphatic carbocycles. The van der Waals surface area contributed by atoms with Crippen molar-refractivity contribution in [3.63, 3.8) is 0 Å². The summed E-state index contributed by atoms with van der Waals surface area (Å²) >= 11 is 3.53. The molecule has 0 unspecified atom stereocenters. The normalized spacial score (nSPS) is 12.0. The van der Waals surface area contributed by atoms with E-state index in [9.17, 15) is 0 Å². The summed E-state index contributed by atoms with van der Waals surface area (Å²) in [5.74, 6) is 0. The Kier molecular flexibility index (Phi) is 41.5. The Morgan fingerprint density at radius 1 is 0.255 bits per heavy atom. The largest absolute Gasteiger partial charge is 0.500 e. The fourth-order valence-corrected chi connectivity index (χ4v) is 9.37. The number of hydrogen-bond acceptors (Lipinski definition) is 3. The molecule has 0 radical (unpaired) electrons. The summed E-state index contributed by atoms with van der Waals surface area (Å²) in [5.41, 5.74) is 0. The zero-order valence-electron chi connectivity index (χ0n) is 32.7. The van der Waals surface area contributed by atoms with Crippen LogP contribution in [-0.2, 0) is 13.3 Å². The molecule has 5 heteroatoms. The van der Waals surface area contributed by atoms with Gasteiger partial charge in [-0.05, 0) is 12.8 Å². The van der Waals surface area contributed by atoms with Gasteiger partial charge in [-0.3, -0.25) is 0 Å². The molecule has 47 heavy (non-hydrogen) atoms. The molecule has 0 saturated carbocycles. The van der Waals surface area contributed by atoms with Crippen LogP contribution in [0.3, 0.4) is 0 Å². The standard InChI is InChI=1S/C42H87BrO3Si/c1-44-47(45-2,46-3)42-40-38-36-34-32-30-28-26-24-22-20-18-16-14-12-10-8-6-4-5-7-9-11-13-15-17-19-21-23-25-27-29-31-33-35-37-39-41-43/h4-42H2,1-3H3. The number of hydrogen-bond donors (Lipinski definition) is 0. The molecule has 0 atom stereocenters. The van der Waals surface area contributed by atoms with E-state index in [1.807, 2.05) is 0 Å². The predicted octanol–water partition coefficient (Wildman–Crippen LogP) is 15.7. The van der Waals surface area contributed by atoms with E-state index in [1.165, 1.54) is 236 Å². The van der Waals surface area contributed by atoms with E-state index in [-0.39, 0.29) is 0 Å². The fourth-order valence-electron chi connectivity index (χ4n) is 7.18. The molecule has 0 fully saturated rings. The third kappa shape index (κ3) is 36.2. The molecule has 0 rings (SSSR count). The fraction of sp³-hybridized carbons (Fsp3) is 1.00. The molecule has 0 aromatic carbocycles. The van der Waals surface area contributed by atoms with Crippen LogP contribution < -0.4 is 0 Å². The second-order valence-corrected chi connectivity index (χ2v) is 18.7. The van der Waals surface area contributed by atoms with E-state index < -0.39 is 8.80 Å². The molecule has 0 aliphatic rings. The third-order valence-corrected chi connectivity index (χ3v) is 13.9. The van der Waals surface area contributed by atoms with Crippen LogP contribution in [0.2, 0.25) is 6.04 Å². The van der Waals surface area contributed by atoms with Crippen molar-refractivity contribution in [2.24, 2.45) is 0 Å². The van der Waals surface area contributed by atoms with Gasteiger partial charge in [-0.25, -0.2) is 0 Å². The first-order valence-electron chi connectivity index (χ1n) is 21.5. The molecular formula is C42H87BrO3Si. The van der Waals surface area contributed by atoms with Gasteiger partial charge < -0.3 is 13.3 Å². The van der Waals surface area contributed by atoms with E-state index in [1.54, 1.807) is 21.3 Å². The van der Waals surface area contributed by atoms with Crippen LogP contribution in [0.5, 0.6) is 0 Å². The van der Waals surface area contributed by atoms with Gasteiger partial charge >= 0.3 is 8.80 Å². The lowest BCUT2D eigenvalue weighted by Gasteiger charge is -2.24. The van der Waals surface area contributed by atoms with E-state index in [0.717, 1.165) is 12.5 Å². The molecule has 0 aromatic heterocycles. The maximum Gasteiger partial charge on any atom is 0.500 e. The highest BCUT2D eigenvalue weighted by Gasteiger charge is 2.36. The van der Waals surface area contributed by atoms with Gasteiger partial charge in [-0.2, -0.15) is 0 Å². The van der Waals surface area contributed by atoms with Crippen molar-refractivity contribution in [2.75, 3.05) is 26.7 Å². The van der Waals surface area contributed by atoms with E-state index in [4.69, 9.17) is 13.3 Å². The van der Waals surface area contributed by atoms with Gasteiger partial charge in [-0.15, -0.1) is 0 Å². The number of alkyl halides is 1. The summed E-state index contributed by atoms with van der Waals surface area (Å²) in [7, 11) is 2.79. The van der Waals surface area contributed by atoms with Crippen molar-refractivity contribution in [3.05, 3.63) is 0 Å². The second kappa shape index (κ2) is 41.0. The topological polar surface area (TPSA) is 27.7 Å². The Hall–Kier alpha value is 0.577. The van der Waals surface area contributed by atoms with Crippen molar-refractivity contribution in [2.45, 2.75) is 244 Å². The highest BCUT2D eigenvalue weighted by atomic mass is 79.9. The minimum atomic E-state index is -2.35. The lowest BCUT2D eigenvalue weighted by atomic mass is 10.0. The van der Waals surface area contributed by atoms with Gasteiger partial charge in [0.2, 0.25) is 0 Å². The van der Waals surface area contributed by atoms with Crippen molar-refractivity contribution in [1.29, 1.82) is 0 Å². The van der Waals surface area contributed by atoms with Gasteiger partial charge in [0.25, 0.3) is 0 Å². The van der Waals surface area contributed by atoms with Crippen LogP contribution in [-0.4, -0.2) is 35.5 Å². The van der Waals surface area contributed by atoms with Gasteiger partial charge in [-0.1, -0.05) is 241 Å². The molecule has 0 aromatic rings. The van der Waals surface area contributed by atoms with Crippen LogP contribution in [0.4, 0.5) is 0 Å². The van der Waals surface area contributed by atoms with Crippen molar-refractivity contribution in [3.8, 4) is 0 Å². The molecule has 0 bridgehead atoms. The highest BCUT2D eigenvalue weighted by molar-refractivity contribution is 9.09. The molecule has 284 valence electrons. The average Bonchev–Trinajstić information content (AvgIpc) is 3.09. The Bertz CT molecular complexity index is 552. The monoisotopic (exact) mass is 747 g/mol. The van der Waals surface area contributed by atoms with Gasteiger partial charge in [0, 0.05) is 32.7 Å². The Morgan fingerprint density at radius 3 is 0.553 bits per heavy atom. The Balaban J connectivity index is 3.11. The molecule has 0 aliphatic heterocycles. The van der Waals surface area contributed by atoms with E-state index in [0.29, 0.717) is 0 Å². The molecule has 0 N–H and O–H groups in total. The first-order valence-corrected chi connectivity index (χ1v) is 24.5. The molecule has 0 amide bonds. The van der Waals surface area contributed by atoms with Crippen LogP contribution in [0, 0.1) is 0 Å². The SMILES string of the molecule is CO[Si](CCCCCCCCCCCCCCCCCCCCCCCCCCCCCCCCCCCCCCCBr)(OC)OC. The Morgan fingerprint density at radius 2 is 0.404 bits per heavy atom. The van der Waals surface area contributed by atoms with Gasteiger partial charge in [0.1, 0.15) is 0 Å². The van der Waals surface area contributed by atoms with Gasteiger partial charge in [0.15, 0.2) is 0 Å². The lowest BCUT2D eigenvalue weighted by Crippen LogP contribution is -2.42. The third-order valence-electron chi connectivity index (χ3n) is 10.5. The average molecular weight is 748 g/mol. The van der Waals surface area contributed by atoms with Crippen LogP contribution in [0.25, 0.3) is 0 Å². The van der Waals surface area contributed by atoms with Crippen molar-refractivity contribution in [1.82, 2.24) is 0 Å². The molecule has 0 spiro atoms. The van der Waals surface area contributed by atoms with E-state index in [2.05, 4.69) is 15.9 Å². The van der Waals surface area contributed by atoms with Crippen LogP contribution in [0.1, 0.15) is 238 Å². The highest BCUT2D eigenvalue weighted by Crippen LogP contribution is 2.20. The quantitative estimate of drug-likeness (QED) is 0.0354. The molecule has 0 saturated heterocycles. The summed E-state index contributed by atoms with van der Waals surface area (Å²) in [6, 6.07) is 0.940. The number of halogens is 1. The molecule has 0 heterocycles. The minimum absolute atomic E-state index is 0.940. The van der Waals surface area contributed by atoms with Gasteiger partial charge in [0.05, 0.1) is 0 Å². The predicted molar refractivity (Wildman–Crippen MR) is 216 cm³/mol. The number of rotatable bonds is 42.